The molecule has 0 bridgehead atoms. The zero-order valence-corrected chi connectivity index (χ0v) is 12.0. The summed E-state index contributed by atoms with van der Waals surface area (Å²) < 4.78 is 0. The molecule has 0 saturated heterocycles. The van der Waals surface area contributed by atoms with Crippen LogP contribution in [0.5, 0.6) is 0 Å². The monoisotopic (exact) mass is 270 g/mol. The van der Waals surface area contributed by atoms with Gasteiger partial charge in [-0.15, -0.1) is 0 Å². The Balaban J connectivity index is 2.29. The maximum atomic E-state index is 11.9. The van der Waals surface area contributed by atoms with Gasteiger partial charge in [0.1, 0.15) is 0 Å². The van der Waals surface area contributed by atoms with Gasteiger partial charge in [0.25, 0.3) is 0 Å². The summed E-state index contributed by atoms with van der Waals surface area (Å²) in [5.41, 5.74) is 0. The molecule has 1 fully saturated rings. The molecule has 19 heavy (non-hydrogen) atoms. The van der Waals surface area contributed by atoms with Crippen LogP contribution in [-0.2, 0) is 4.79 Å². The Hall–Kier alpha value is -1.26. The van der Waals surface area contributed by atoms with Crippen LogP contribution in [0.2, 0.25) is 0 Å². The Labute approximate surface area is 115 Å². The number of urea groups is 1. The third-order valence-electron chi connectivity index (χ3n) is 3.84. The van der Waals surface area contributed by atoms with Crippen molar-refractivity contribution in [3.8, 4) is 0 Å². The topological polar surface area (TPSA) is 69.6 Å². The summed E-state index contributed by atoms with van der Waals surface area (Å²) >= 11 is 0. The molecule has 1 saturated carbocycles. The van der Waals surface area contributed by atoms with Gasteiger partial charge in [-0.3, -0.25) is 4.79 Å². The molecule has 1 unspecified atom stereocenters. The van der Waals surface area contributed by atoms with Crippen LogP contribution in [0.4, 0.5) is 4.79 Å². The van der Waals surface area contributed by atoms with Gasteiger partial charge in [0.05, 0.1) is 5.92 Å². The molecule has 2 amide bonds. The molecule has 0 aliphatic heterocycles. The molecule has 0 aromatic rings. The van der Waals surface area contributed by atoms with Crippen LogP contribution < -0.4 is 5.32 Å². The summed E-state index contributed by atoms with van der Waals surface area (Å²) in [6, 6.07) is -0.158. The van der Waals surface area contributed by atoms with Crippen LogP contribution in [0, 0.1) is 11.8 Å². The Morgan fingerprint density at radius 2 is 2.00 bits per heavy atom. The van der Waals surface area contributed by atoms with Crippen LogP contribution in [-0.4, -0.2) is 42.1 Å². The van der Waals surface area contributed by atoms with Crippen molar-refractivity contribution < 1.29 is 14.7 Å². The minimum Gasteiger partial charge on any atom is -0.481 e. The zero-order chi connectivity index (χ0) is 14.3. The summed E-state index contributed by atoms with van der Waals surface area (Å²) in [6.45, 7) is 2.94. The number of nitrogens with zero attached hydrogens (tertiary/aromatic N) is 1. The fourth-order valence-corrected chi connectivity index (χ4v) is 2.67. The predicted molar refractivity (Wildman–Crippen MR) is 74.0 cm³/mol. The summed E-state index contributed by atoms with van der Waals surface area (Å²) in [6.07, 6.45) is 6.33. The van der Waals surface area contributed by atoms with E-state index in [1.54, 1.807) is 11.9 Å². The molecule has 0 spiro atoms. The largest absolute Gasteiger partial charge is 0.481 e. The molecule has 0 aromatic heterocycles. The van der Waals surface area contributed by atoms with E-state index in [4.69, 9.17) is 5.11 Å². The van der Waals surface area contributed by atoms with Crippen molar-refractivity contribution in [3.05, 3.63) is 0 Å². The fraction of sp³-hybridized carbons (Fsp3) is 0.857. The summed E-state index contributed by atoms with van der Waals surface area (Å²) in [4.78, 5) is 24.6. The van der Waals surface area contributed by atoms with Gasteiger partial charge in [-0.1, -0.05) is 26.2 Å². The normalized spacial score (nSPS) is 17.2. The standard InChI is InChI=1S/C14H26N2O3/c1-3-6-12(13(17)18)9-15-14(19)16(2)10-11-7-4-5-8-11/h11-12H,3-10H2,1-2H3,(H,15,19)(H,17,18). The number of carbonyl (C=O) groups excluding carboxylic acids is 1. The van der Waals surface area contributed by atoms with Crippen LogP contribution in [0.15, 0.2) is 0 Å². The van der Waals surface area contributed by atoms with Gasteiger partial charge in [0.15, 0.2) is 0 Å². The van der Waals surface area contributed by atoms with Crippen molar-refractivity contribution in [2.75, 3.05) is 20.1 Å². The molecule has 1 aliphatic rings. The quantitative estimate of drug-likeness (QED) is 0.746. The van der Waals surface area contributed by atoms with E-state index >= 15 is 0 Å². The summed E-state index contributed by atoms with van der Waals surface area (Å²) in [5, 5.41) is 11.7. The second-order valence-corrected chi connectivity index (χ2v) is 5.54. The van der Waals surface area contributed by atoms with E-state index in [2.05, 4.69) is 5.32 Å². The lowest BCUT2D eigenvalue weighted by Crippen LogP contribution is -2.42. The number of hydrogen-bond acceptors (Lipinski definition) is 2. The fourth-order valence-electron chi connectivity index (χ4n) is 2.67. The molecule has 110 valence electrons. The molecule has 0 heterocycles. The zero-order valence-electron chi connectivity index (χ0n) is 12.0. The summed E-state index contributed by atoms with van der Waals surface area (Å²) in [5.74, 6) is -0.698. The number of amides is 2. The Morgan fingerprint density at radius 3 is 2.53 bits per heavy atom. The van der Waals surface area contributed by atoms with E-state index < -0.39 is 11.9 Å². The number of carboxylic acids is 1. The highest BCUT2D eigenvalue weighted by Gasteiger charge is 2.21. The van der Waals surface area contributed by atoms with Gasteiger partial charge in [-0.05, 0) is 25.2 Å². The van der Waals surface area contributed by atoms with Gasteiger partial charge in [-0.25, -0.2) is 4.79 Å². The molecule has 2 N–H and O–H groups in total. The van der Waals surface area contributed by atoms with Crippen LogP contribution in [0.1, 0.15) is 45.4 Å². The molecule has 1 rings (SSSR count). The molecule has 5 nitrogen and oxygen atoms in total. The highest BCUT2D eigenvalue weighted by atomic mass is 16.4. The SMILES string of the molecule is CCCC(CNC(=O)N(C)CC1CCCC1)C(=O)O. The van der Waals surface area contributed by atoms with Crippen molar-refractivity contribution in [2.45, 2.75) is 45.4 Å². The molecular formula is C14H26N2O3. The Bertz CT molecular complexity index is 301. The van der Waals surface area contributed by atoms with E-state index in [1.165, 1.54) is 25.7 Å². The first-order valence-corrected chi connectivity index (χ1v) is 7.26. The number of carboxylic acid groups (broad SMARTS) is 1. The van der Waals surface area contributed by atoms with Crippen LogP contribution in [0.25, 0.3) is 0 Å². The lowest BCUT2D eigenvalue weighted by molar-refractivity contribution is -0.141. The van der Waals surface area contributed by atoms with E-state index in [1.807, 2.05) is 6.92 Å². The Morgan fingerprint density at radius 1 is 1.37 bits per heavy atom. The van der Waals surface area contributed by atoms with Crippen molar-refractivity contribution >= 4 is 12.0 Å². The molecule has 1 aliphatic carbocycles. The maximum Gasteiger partial charge on any atom is 0.317 e. The molecule has 5 heteroatoms. The third kappa shape index (κ3) is 5.49. The lowest BCUT2D eigenvalue weighted by Gasteiger charge is -2.22. The summed E-state index contributed by atoms with van der Waals surface area (Å²) in [7, 11) is 1.78. The first-order chi connectivity index (χ1) is 9.04. The number of aliphatic carboxylic acids is 1. The number of rotatable bonds is 7. The molecule has 0 radical (unpaired) electrons. The van der Waals surface area contributed by atoms with Gasteiger partial charge in [-0.2, -0.15) is 0 Å². The third-order valence-corrected chi connectivity index (χ3v) is 3.84. The van der Waals surface area contributed by atoms with Gasteiger partial charge in [0, 0.05) is 20.1 Å². The van der Waals surface area contributed by atoms with Gasteiger partial charge in [0.2, 0.25) is 0 Å². The number of carbonyl (C=O) groups is 2. The molecule has 1 atom stereocenters. The first kappa shape index (κ1) is 15.8. The molecule has 0 aromatic carbocycles. The van der Waals surface area contributed by atoms with Crippen LogP contribution in [0.3, 0.4) is 0 Å². The lowest BCUT2D eigenvalue weighted by atomic mass is 10.0. The first-order valence-electron chi connectivity index (χ1n) is 7.26. The predicted octanol–water partition coefficient (Wildman–Crippen LogP) is 2.32. The average Bonchev–Trinajstić information content (AvgIpc) is 2.86. The van der Waals surface area contributed by atoms with Crippen molar-refractivity contribution in [1.29, 1.82) is 0 Å². The van der Waals surface area contributed by atoms with E-state index in [9.17, 15) is 9.59 Å². The van der Waals surface area contributed by atoms with Crippen molar-refractivity contribution in [2.24, 2.45) is 11.8 Å². The average molecular weight is 270 g/mol. The van der Waals surface area contributed by atoms with E-state index in [0.717, 1.165) is 13.0 Å². The Kier molecular flexibility index (Phi) is 6.67. The highest BCUT2D eigenvalue weighted by Crippen LogP contribution is 2.25. The minimum atomic E-state index is -0.833. The minimum absolute atomic E-state index is 0.158. The van der Waals surface area contributed by atoms with Gasteiger partial charge >= 0.3 is 12.0 Å². The maximum absolute atomic E-state index is 11.9. The van der Waals surface area contributed by atoms with E-state index in [0.29, 0.717) is 12.3 Å². The smallest absolute Gasteiger partial charge is 0.317 e. The van der Waals surface area contributed by atoms with Gasteiger partial charge < -0.3 is 15.3 Å². The second-order valence-electron chi connectivity index (χ2n) is 5.54. The molecular weight excluding hydrogens is 244 g/mol. The van der Waals surface area contributed by atoms with Crippen LogP contribution >= 0.6 is 0 Å². The van der Waals surface area contributed by atoms with Crippen molar-refractivity contribution in [1.82, 2.24) is 10.2 Å². The van der Waals surface area contributed by atoms with Crippen molar-refractivity contribution in [3.63, 3.8) is 0 Å². The number of nitrogens with one attached hydrogen (secondary N) is 1. The number of hydrogen-bond donors (Lipinski definition) is 2. The highest BCUT2D eigenvalue weighted by molar-refractivity contribution is 5.75. The van der Waals surface area contributed by atoms with E-state index in [-0.39, 0.29) is 12.6 Å². The second kappa shape index (κ2) is 8.02.